The van der Waals surface area contributed by atoms with Gasteiger partial charge in [-0.1, -0.05) is 36.4 Å². The Balaban J connectivity index is 0.00000220. The van der Waals surface area contributed by atoms with Crippen molar-refractivity contribution in [2.75, 3.05) is 6.61 Å². The summed E-state index contributed by atoms with van der Waals surface area (Å²) in [5, 5.41) is 0. The second-order valence-corrected chi connectivity index (χ2v) is 5.59. The fraction of sp³-hybridized carbons (Fsp3) is 0.188. The number of hydrogen-bond donors (Lipinski definition) is 0. The van der Waals surface area contributed by atoms with Crippen molar-refractivity contribution in [2.45, 2.75) is 6.92 Å². The molecule has 0 saturated carbocycles. The van der Waals surface area contributed by atoms with Crippen LogP contribution in [0.4, 0.5) is 0 Å². The van der Waals surface area contributed by atoms with Crippen LogP contribution in [0.1, 0.15) is 5.56 Å². The molecule has 0 fully saturated rings. The van der Waals surface area contributed by atoms with Crippen LogP contribution < -0.4 is 10.3 Å². The van der Waals surface area contributed by atoms with Crippen molar-refractivity contribution in [1.29, 1.82) is 0 Å². The normalized spacial score (nSPS) is 9.86. The number of nitrogens with zero attached hydrogens (tertiary/aromatic N) is 1. The van der Waals surface area contributed by atoms with E-state index in [1.54, 1.807) is 23.8 Å². The van der Waals surface area contributed by atoms with E-state index >= 15 is 0 Å². The molecule has 107 valence electrons. The van der Waals surface area contributed by atoms with E-state index in [1.165, 1.54) is 0 Å². The van der Waals surface area contributed by atoms with Crippen LogP contribution in [0.25, 0.3) is 11.3 Å². The number of halogens is 1. The minimum absolute atomic E-state index is 0. The minimum Gasteiger partial charge on any atom is -0.490 e. The maximum atomic E-state index is 12.0. The Morgan fingerprint density at radius 2 is 2.19 bits per heavy atom. The average Bonchev–Trinajstić information content (AvgIpc) is 2.44. The topological polar surface area (TPSA) is 31.2 Å². The Kier molecular flexibility index (Phi) is 7.30. The molecule has 2 rings (SSSR count). The van der Waals surface area contributed by atoms with Crippen LogP contribution in [0.2, 0.25) is 0 Å². The third-order valence-corrected chi connectivity index (χ3v) is 3.77. The smallest absolute Gasteiger partial charge is 0.207 e. The molecule has 0 aliphatic rings. The molecule has 0 aliphatic carbocycles. The minimum atomic E-state index is -0.00858. The number of benzene rings is 1. The summed E-state index contributed by atoms with van der Waals surface area (Å²) < 4.78 is 7.79. The molecule has 0 unspecified atom stereocenters. The first kappa shape index (κ1) is 18.6. The van der Waals surface area contributed by atoms with Gasteiger partial charge in [0.05, 0.1) is 0 Å². The first-order valence-corrected chi connectivity index (χ1v) is 7.24. The molecule has 0 N–H and O–H groups in total. The number of hydrogen-bond acceptors (Lipinski definition) is 2. The third-order valence-electron chi connectivity index (χ3n) is 3.00. The first-order chi connectivity index (χ1) is 9.54. The Hall–Kier alpha value is -0.456. The number of aromatic nitrogens is 1. The van der Waals surface area contributed by atoms with Gasteiger partial charge in [-0.3, -0.25) is 4.79 Å². The van der Waals surface area contributed by atoms with Gasteiger partial charge in [0.25, 0.3) is 0 Å². The van der Waals surface area contributed by atoms with Crippen LogP contribution in [0.3, 0.4) is 0 Å². The van der Waals surface area contributed by atoms with Crippen molar-refractivity contribution in [3.8, 4) is 17.0 Å². The van der Waals surface area contributed by atoms with Crippen molar-refractivity contribution in [1.82, 2.24) is 4.57 Å². The van der Waals surface area contributed by atoms with Gasteiger partial charge in [0.1, 0.15) is 12.4 Å². The standard InChI is InChI=1S/C16H15INO2.Y/c1-4-9-20-12-5-6-13(11(2)10-12)15-8-7-14(17)16(19)18(15)3;/h4-7,10H,1,9H2,2-3H3;/q-1;. The predicted molar refractivity (Wildman–Crippen MR) is 89.1 cm³/mol. The van der Waals surface area contributed by atoms with Crippen LogP contribution in [0, 0.1) is 16.6 Å². The molecule has 1 radical (unpaired) electrons. The van der Waals surface area contributed by atoms with Gasteiger partial charge in [-0.05, 0) is 15.7 Å². The van der Waals surface area contributed by atoms with Crippen LogP contribution in [0.15, 0.2) is 41.7 Å². The Morgan fingerprint density at radius 1 is 1.48 bits per heavy atom. The molecule has 3 nitrogen and oxygen atoms in total. The summed E-state index contributed by atoms with van der Waals surface area (Å²) >= 11 is 2.02. The monoisotopic (exact) mass is 469 g/mol. The maximum Gasteiger partial charge on any atom is 0.207 e. The van der Waals surface area contributed by atoms with Crippen molar-refractivity contribution >= 4 is 22.6 Å². The van der Waals surface area contributed by atoms with Crippen LogP contribution >= 0.6 is 22.6 Å². The van der Waals surface area contributed by atoms with Crippen LogP contribution in [-0.2, 0) is 39.8 Å². The molecule has 0 spiro atoms. The second-order valence-electron chi connectivity index (χ2n) is 4.43. The van der Waals surface area contributed by atoms with E-state index in [0.29, 0.717) is 10.2 Å². The van der Waals surface area contributed by atoms with Crippen LogP contribution in [-0.4, -0.2) is 11.2 Å². The zero-order valence-electron chi connectivity index (χ0n) is 12.0. The first-order valence-electron chi connectivity index (χ1n) is 6.16. The molecule has 0 saturated heterocycles. The molecular weight excluding hydrogens is 454 g/mol. The molecule has 5 heteroatoms. The van der Waals surface area contributed by atoms with Gasteiger partial charge < -0.3 is 9.30 Å². The maximum absolute atomic E-state index is 12.0. The van der Waals surface area contributed by atoms with Crippen molar-refractivity contribution in [3.05, 3.63) is 62.5 Å². The Bertz CT molecular complexity index is 710. The molecule has 0 amide bonds. The molecule has 0 bridgehead atoms. The Labute approximate surface area is 163 Å². The average molecular weight is 469 g/mol. The summed E-state index contributed by atoms with van der Waals surface area (Å²) in [6, 6.07) is 10.7. The largest absolute Gasteiger partial charge is 0.490 e. The van der Waals surface area contributed by atoms with E-state index in [4.69, 9.17) is 4.74 Å². The summed E-state index contributed by atoms with van der Waals surface area (Å²) in [7, 11) is 1.76. The van der Waals surface area contributed by atoms with E-state index in [0.717, 1.165) is 22.6 Å². The second kappa shape index (κ2) is 8.25. The molecule has 0 atom stereocenters. The van der Waals surface area contributed by atoms with Gasteiger partial charge in [-0.2, -0.15) is 12.1 Å². The summed E-state index contributed by atoms with van der Waals surface area (Å²) in [6.45, 7) is 6.10. The molecule has 2 aromatic rings. The van der Waals surface area contributed by atoms with Gasteiger partial charge in [0.2, 0.25) is 5.56 Å². The molecule has 1 aromatic carbocycles. The van der Waals surface area contributed by atoms with Gasteiger partial charge in [-0.15, -0.1) is 28.7 Å². The van der Waals surface area contributed by atoms with Gasteiger partial charge in [0.15, 0.2) is 0 Å². The van der Waals surface area contributed by atoms with Gasteiger partial charge >= 0.3 is 0 Å². The predicted octanol–water partition coefficient (Wildman–Crippen LogP) is 3.33. The van der Waals surface area contributed by atoms with E-state index in [1.807, 2.05) is 47.7 Å². The van der Waals surface area contributed by atoms with Gasteiger partial charge in [0, 0.05) is 39.8 Å². The van der Waals surface area contributed by atoms with E-state index in [-0.39, 0.29) is 38.3 Å². The molecule has 1 aromatic heterocycles. The molecule has 1 heterocycles. The van der Waals surface area contributed by atoms with E-state index < -0.39 is 0 Å². The summed E-state index contributed by atoms with van der Waals surface area (Å²) in [5.74, 6) is 0.793. The van der Waals surface area contributed by atoms with E-state index in [2.05, 4.69) is 12.6 Å². The Morgan fingerprint density at radius 3 is 2.81 bits per heavy atom. The summed E-state index contributed by atoms with van der Waals surface area (Å²) in [4.78, 5) is 12.0. The number of rotatable bonds is 4. The summed E-state index contributed by atoms with van der Waals surface area (Å²) in [5.41, 5.74) is 2.79. The van der Waals surface area contributed by atoms with Crippen LogP contribution in [0.5, 0.6) is 5.75 Å². The molecule has 0 aliphatic heterocycles. The fourth-order valence-corrected chi connectivity index (χ4v) is 2.47. The molecular formula is C16H15INO2Y-. The zero-order chi connectivity index (χ0) is 14.7. The quantitative estimate of drug-likeness (QED) is 0.391. The fourth-order valence-electron chi connectivity index (χ4n) is 1.96. The zero-order valence-corrected chi connectivity index (χ0v) is 17.0. The van der Waals surface area contributed by atoms with Crippen molar-refractivity contribution < 1.29 is 37.4 Å². The number of ether oxygens (including phenoxy) is 1. The number of aryl methyl sites for hydroxylation is 1. The third kappa shape index (κ3) is 4.27. The SMILES string of the molecule is C=CCOc1ccc(-c2[c-]cc(I)c(=O)n2C)c(C)c1.[Y]. The van der Waals surface area contributed by atoms with E-state index in [9.17, 15) is 4.79 Å². The summed E-state index contributed by atoms with van der Waals surface area (Å²) in [6.07, 6.45) is 1.71. The van der Waals surface area contributed by atoms with Crippen molar-refractivity contribution in [2.24, 2.45) is 7.05 Å². The van der Waals surface area contributed by atoms with Gasteiger partial charge in [-0.25, -0.2) is 0 Å². The molecule has 21 heavy (non-hydrogen) atoms. The number of pyridine rings is 1. The van der Waals surface area contributed by atoms with Crippen molar-refractivity contribution in [3.63, 3.8) is 0 Å².